The highest BCUT2D eigenvalue weighted by Crippen LogP contribution is 2.03. The lowest BCUT2D eigenvalue weighted by molar-refractivity contribution is 0.575. The Balaban J connectivity index is 2.48. The van der Waals surface area contributed by atoms with Gasteiger partial charge in [0.2, 0.25) is 0 Å². The van der Waals surface area contributed by atoms with Gasteiger partial charge in [0.15, 0.2) is 0 Å². The van der Waals surface area contributed by atoms with Crippen molar-refractivity contribution in [3.8, 4) is 0 Å². The summed E-state index contributed by atoms with van der Waals surface area (Å²) in [7, 11) is 0. The van der Waals surface area contributed by atoms with Gasteiger partial charge in [-0.15, -0.1) is 0 Å². The lowest BCUT2D eigenvalue weighted by Crippen LogP contribution is -2.13. The molecule has 0 aliphatic carbocycles. The first kappa shape index (κ1) is 9.27. The van der Waals surface area contributed by atoms with E-state index in [1.807, 2.05) is 0 Å². The molecule has 1 aromatic rings. The van der Waals surface area contributed by atoms with E-state index >= 15 is 0 Å². The third-order valence-corrected chi connectivity index (χ3v) is 1.76. The summed E-state index contributed by atoms with van der Waals surface area (Å²) in [4.78, 5) is 0. The summed E-state index contributed by atoms with van der Waals surface area (Å²) in [5.41, 5.74) is 2.61. The van der Waals surface area contributed by atoms with Gasteiger partial charge < -0.3 is 0 Å². The first-order valence-corrected chi connectivity index (χ1v) is 4.40. The molecule has 0 N–H and O–H groups in total. The van der Waals surface area contributed by atoms with Gasteiger partial charge in [0.05, 0.1) is 0 Å². The van der Waals surface area contributed by atoms with E-state index in [0.717, 1.165) is 6.54 Å². The van der Waals surface area contributed by atoms with Crippen molar-refractivity contribution in [2.75, 3.05) is 0 Å². The molecule has 1 heteroatoms. The van der Waals surface area contributed by atoms with E-state index < -0.39 is 0 Å². The van der Waals surface area contributed by atoms with Gasteiger partial charge in [-0.1, -0.05) is 29.8 Å². The second-order valence-electron chi connectivity index (χ2n) is 3.42. The van der Waals surface area contributed by atoms with Crippen molar-refractivity contribution in [3.05, 3.63) is 35.4 Å². The Morgan fingerprint density at radius 1 is 1.17 bits per heavy atom. The lowest BCUT2D eigenvalue weighted by atomic mass is 10.1. The summed E-state index contributed by atoms with van der Waals surface area (Å²) in [5.74, 6) is 0. The summed E-state index contributed by atoms with van der Waals surface area (Å²) in [6.07, 6.45) is 0. The standard InChI is InChI=1S/C11H16N/c1-9(2)12-8-11-6-4-10(3)5-7-11/h4-7,9H,8H2,1-3H3. The minimum absolute atomic E-state index is 0.436. The Morgan fingerprint density at radius 2 is 1.75 bits per heavy atom. The molecule has 1 rings (SSSR count). The van der Waals surface area contributed by atoms with Crippen LogP contribution in [-0.2, 0) is 6.54 Å². The van der Waals surface area contributed by atoms with Crippen molar-refractivity contribution in [3.63, 3.8) is 0 Å². The highest BCUT2D eigenvalue weighted by molar-refractivity contribution is 5.20. The number of nitrogens with zero attached hydrogens (tertiary/aromatic N) is 1. The van der Waals surface area contributed by atoms with Crippen molar-refractivity contribution in [2.45, 2.75) is 33.4 Å². The van der Waals surface area contributed by atoms with Crippen molar-refractivity contribution in [1.29, 1.82) is 0 Å². The van der Waals surface area contributed by atoms with Crippen LogP contribution in [0.25, 0.3) is 0 Å². The smallest absolute Gasteiger partial charge is 0.0387 e. The minimum Gasteiger partial charge on any atom is -0.234 e. The number of hydrogen-bond acceptors (Lipinski definition) is 0. The van der Waals surface area contributed by atoms with E-state index in [-0.39, 0.29) is 0 Å². The van der Waals surface area contributed by atoms with Gasteiger partial charge in [0.1, 0.15) is 0 Å². The van der Waals surface area contributed by atoms with E-state index in [1.165, 1.54) is 11.1 Å². The molecule has 65 valence electrons. The molecule has 0 heterocycles. The molecule has 0 aliphatic heterocycles. The van der Waals surface area contributed by atoms with Crippen LogP contribution in [0.1, 0.15) is 25.0 Å². The third kappa shape index (κ3) is 3.05. The zero-order chi connectivity index (χ0) is 8.97. The lowest BCUT2D eigenvalue weighted by Gasteiger charge is -2.05. The summed E-state index contributed by atoms with van der Waals surface area (Å²) in [6, 6.07) is 8.98. The van der Waals surface area contributed by atoms with Crippen LogP contribution in [0.5, 0.6) is 0 Å². The van der Waals surface area contributed by atoms with Crippen molar-refractivity contribution in [1.82, 2.24) is 5.32 Å². The number of hydrogen-bond donors (Lipinski definition) is 0. The quantitative estimate of drug-likeness (QED) is 0.648. The Labute approximate surface area is 74.8 Å². The fourth-order valence-electron chi connectivity index (χ4n) is 0.981. The molecule has 0 spiro atoms. The SMILES string of the molecule is Cc1ccc(C[N]C(C)C)cc1. The summed E-state index contributed by atoms with van der Waals surface area (Å²) >= 11 is 0. The first-order chi connectivity index (χ1) is 5.68. The van der Waals surface area contributed by atoms with E-state index in [0.29, 0.717) is 6.04 Å². The van der Waals surface area contributed by atoms with Gasteiger partial charge in [-0.05, 0) is 26.3 Å². The predicted molar refractivity (Wildman–Crippen MR) is 52.2 cm³/mol. The fraction of sp³-hybridized carbons (Fsp3) is 0.455. The minimum atomic E-state index is 0.436. The Morgan fingerprint density at radius 3 is 2.25 bits per heavy atom. The van der Waals surface area contributed by atoms with Gasteiger partial charge in [-0.2, -0.15) is 0 Å². The molecule has 0 fully saturated rings. The number of rotatable bonds is 3. The van der Waals surface area contributed by atoms with Crippen LogP contribution in [0.15, 0.2) is 24.3 Å². The van der Waals surface area contributed by atoms with Crippen LogP contribution in [0, 0.1) is 6.92 Å². The van der Waals surface area contributed by atoms with Crippen LogP contribution in [-0.4, -0.2) is 6.04 Å². The Hall–Kier alpha value is -0.820. The van der Waals surface area contributed by atoms with Crippen LogP contribution in [0.2, 0.25) is 0 Å². The largest absolute Gasteiger partial charge is 0.234 e. The maximum absolute atomic E-state index is 4.42. The molecule has 0 aliphatic rings. The summed E-state index contributed by atoms with van der Waals surface area (Å²) < 4.78 is 0. The average Bonchev–Trinajstić information content (AvgIpc) is 2.03. The highest BCUT2D eigenvalue weighted by Gasteiger charge is 1.95. The molecule has 1 aromatic carbocycles. The maximum atomic E-state index is 4.42. The molecule has 0 aromatic heterocycles. The monoisotopic (exact) mass is 162 g/mol. The van der Waals surface area contributed by atoms with Gasteiger partial charge in [0, 0.05) is 12.6 Å². The molecule has 0 bridgehead atoms. The first-order valence-electron chi connectivity index (χ1n) is 4.40. The van der Waals surface area contributed by atoms with Crippen LogP contribution >= 0.6 is 0 Å². The molecule has 0 amide bonds. The van der Waals surface area contributed by atoms with Gasteiger partial charge >= 0.3 is 0 Å². The van der Waals surface area contributed by atoms with Gasteiger partial charge in [-0.3, -0.25) is 0 Å². The predicted octanol–water partition coefficient (Wildman–Crippen LogP) is 2.51. The van der Waals surface area contributed by atoms with Crippen molar-refractivity contribution < 1.29 is 0 Å². The van der Waals surface area contributed by atoms with Crippen LogP contribution in [0.4, 0.5) is 0 Å². The zero-order valence-corrected chi connectivity index (χ0v) is 8.04. The number of benzene rings is 1. The highest BCUT2D eigenvalue weighted by atomic mass is 14.9. The molecule has 0 saturated carbocycles. The normalized spacial score (nSPS) is 10.7. The van der Waals surface area contributed by atoms with Crippen LogP contribution in [0.3, 0.4) is 0 Å². The number of aryl methyl sites for hydroxylation is 1. The molecule has 1 radical (unpaired) electrons. The molecule has 1 nitrogen and oxygen atoms in total. The topological polar surface area (TPSA) is 14.1 Å². The van der Waals surface area contributed by atoms with E-state index in [4.69, 9.17) is 0 Å². The molecule has 12 heavy (non-hydrogen) atoms. The van der Waals surface area contributed by atoms with Crippen molar-refractivity contribution in [2.24, 2.45) is 0 Å². The maximum Gasteiger partial charge on any atom is 0.0387 e. The average molecular weight is 162 g/mol. The molecular weight excluding hydrogens is 146 g/mol. The third-order valence-electron chi connectivity index (χ3n) is 1.76. The van der Waals surface area contributed by atoms with Crippen LogP contribution < -0.4 is 5.32 Å². The zero-order valence-electron chi connectivity index (χ0n) is 8.04. The Bertz CT molecular complexity index is 223. The summed E-state index contributed by atoms with van der Waals surface area (Å²) in [6.45, 7) is 7.16. The van der Waals surface area contributed by atoms with E-state index in [2.05, 4.69) is 50.4 Å². The molecule has 0 saturated heterocycles. The van der Waals surface area contributed by atoms with Crippen molar-refractivity contribution >= 4 is 0 Å². The fourth-order valence-corrected chi connectivity index (χ4v) is 0.981. The van der Waals surface area contributed by atoms with Gasteiger partial charge in [0.25, 0.3) is 0 Å². The van der Waals surface area contributed by atoms with E-state index in [9.17, 15) is 0 Å². The molecule has 0 atom stereocenters. The second kappa shape index (κ2) is 4.27. The summed E-state index contributed by atoms with van der Waals surface area (Å²) in [5, 5.41) is 4.42. The Kier molecular flexibility index (Phi) is 3.30. The molecule has 0 unspecified atom stereocenters. The second-order valence-corrected chi connectivity index (χ2v) is 3.42. The van der Waals surface area contributed by atoms with Gasteiger partial charge in [-0.25, -0.2) is 5.32 Å². The van der Waals surface area contributed by atoms with E-state index in [1.54, 1.807) is 0 Å². The molecular formula is C11H16N.